The average molecular weight is 354 g/mol. The Morgan fingerprint density at radius 3 is 2.50 bits per heavy atom. The second-order valence-corrected chi connectivity index (χ2v) is 8.12. The molecule has 1 aliphatic carbocycles. The Balaban J connectivity index is 1.44. The van der Waals surface area contributed by atoms with E-state index < -0.39 is 0 Å². The summed E-state index contributed by atoms with van der Waals surface area (Å²) in [6.45, 7) is 6.33. The van der Waals surface area contributed by atoms with Gasteiger partial charge in [0, 0.05) is 31.1 Å². The number of aromatic nitrogens is 2. The van der Waals surface area contributed by atoms with Crippen molar-refractivity contribution in [2.24, 2.45) is 5.92 Å². The molecule has 4 rings (SSSR count). The maximum absolute atomic E-state index is 12.4. The number of amides is 1. The van der Waals surface area contributed by atoms with Gasteiger partial charge in [-0.25, -0.2) is 4.98 Å². The van der Waals surface area contributed by atoms with Gasteiger partial charge >= 0.3 is 0 Å². The minimum Gasteiger partial charge on any atom is -0.353 e. The fourth-order valence-electron chi connectivity index (χ4n) is 4.49. The van der Waals surface area contributed by atoms with Crippen LogP contribution >= 0.6 is 0 Å². The molecule has 0 spiro atoms. The summed E-state index contributed by atoms with van der Waals surface area (Å²) >= 11 is 0. The molecule has 5 nitrogen and oxygen atoms in total. The number of hydrogen-bond donors (Lipinski definition) is 1. The lowest BCUT2D eigenvalue weighted by Gasteiger charge is -2.34. The van der Waals surface area contributed by atoms with E-state index in [4.69, 9.17) is 4.98 Å². The largest absolute Gasteiger partial charge is 0.353 e. The molecule has 1 aromatic heterocycles. The van der Waals surface area contributed by atoms with Crippen LogP contribution in [0.2, 0.25) is 0 Å². The lowest BCUT2D eigenvalue weighted by Crippen LogP contribution is -2.46. The van der Waals surface area contributed by atoms with Gasteiger partial charge in [0.1, 0.15) is 0 Å². The van der Waals surface area contributed by atoms with Gasteiger partial charge in [0.2, 0.25) is 11.9 Å². The summed E-state index contributed by atoms with van der Waals surface area (Å²) in [6.07, 6.45) is 6.57. The molecule has 2 heterocycles. The van der Waals surface area contributed by atoms with Crippen molar-refractivity contribution in [2.45, 2.75) is 64.5 Å². The van der Waals surface area contributed by atoms with Crippen LogP contribution in [0, 0.1) is 5.92 Å². The van der Waals surface area contributed by atoms with E-state index in [2.05, 4.69) is 52.9 Å². The molecule has 0 atom stereocenters. The van der Waals surface area contributed by atoms with Gasteiger partial charge in [-0.2, -0.15) is 0 Å². The Morgan fingerprint density at radius 2 is 1.81 bits per heavy atom. The molecular weight excluding hydrogens is 324 g/mol. The number of nitrogens with zero attached hydrogens (tertiary/aromatic N) is 3. The standard InChI is InChI=1S/C21H30N4O/c1-15(2)25-19-10-6-5-9-18(19)23-21(25)24-13-11-17(12-14-24)22-20(26)16-7-3-4-8-16/h5-6,9-10,15-17H,3-4,7-8,11-14H2,1-2H3,(H,22,26). The van der Waals surface area contributed by atoms with Crippen molar-refractivity contribution in [1.82, 2.24) is 14.9 Å². The van der Waals surface area contributed by atoms with E-state index in [0.29, 0.717) is 12.1 Å². The van der Waals surface area contributed by atoms with E-state index in [9.17, 15) is 4.79 Å². The number of piperidine rings is 1. The number of fused-ring (bicyclic) bond motifs is 1. The number of benzene rings is 1. The normalized spacial score (nSPS) is 19.6. The fraction of sp³-hybridized carbons (Fsp3) is 0.619. The second kappa shape index (κ2) is 7.29. The van der Waals surface area contributed by atoms with Crippen molar-refractivity contribution < 1.29 is 4.79 Å². The van der Waals surface area contributed by atoms with Crippen molar-refractivity contribution >= 4 is 22.9 Å². The first-order valence-corrected chi connectivity index (χ1v) is 10.2. The molecule has 2 aliphatic rings. The van der Waals surface area contributed by atoms with E-state index in [0.717, 1.165) is 50.2 Å². The van der Waals surface area contributed by atoms with E-state index in [1.807, 2.05) is 0 Å². The SMILES string of the molecule is CC(C)n1c(N2CCC(NC(=O)C3CCCC3)CC2)nc2ccccc21. The molecule has 1 saturated heterocycles. The number of anilines is 1. The van der Waals surface area contributed by atoms with Crippen LogP contribution in [0.5, 0.6) is 0 Å². The third-order valence-corrected chi connectivity index (χ3v) is 5.94. The highest BCUT2D eigenvalue weighted by Crippen LogP contribution is 2.29. The summed E-state index contributed by atoms with van der Waals surface area (Å²) in [5.41, 5.74) is 2.27. The van der Waals surface area contributed by atoms with Gasteiger partial charge in [0.15, 0.2) is 0 Å². The van der Waals surface area contributed by atoms with E-state index in [1.165, 1.54) is 18.4 Å². The smallest absolute Gasteiger partial charge is 0.223 e. The highest BCUT2D eigenvalue weighted by Gasteiger charge is 2.28. The van der Waals surface area contributed by atoms with Gasteiger partial charge in [-0.15, -0.1) is 0 Å². The van der Waals surface area contributed by atoms with Crippen LogP contribution in [0.1, 0.15) is 58.4 Å². The zero-order valence-corrected chi connectivity index (χ0v) is 15.9. The first-order chi connectivity index (χ1) is 12.6. The number of carbonyl (C=O) groups is 1. The molecule has 2 fully saturated rings. The summed E-state index contributed by atoms with van der Waals surface area (Å²) in [5.74, 6) is 1.62. The number of rotatable bonds is 4. The first-order valence-electron chi connectivity index (χ1n) is 10.2. The molecule has 0 unspecified atom stereocenters. The van der Waals surface area contributed by atoms with Crippen LogP contribution < -0.4 is 10.2 Å². The molecule has 1 saturated carbocycles. The van der Waals surface area contributed by atoms with Crippen LogP contribution in [0.25, 0.3) is 11.0 Å². The molecule has 1 aromatic carbocycles. The van der Waals surface area contributed by atoms with E-state index in [1.54, 1.807) is 0 Å². The van der Waals surface area contributed by atoms with Crippen molar-refractivity contribution in [2.75, 3.05) is 18.0 Å². The molecule has 1 aliphatic heterocycles. The van der Waals surface area contributed by atoms with E-state index >= 15 is 0 Å². The van der Waals surface area contributed by atoms with Crippen molar-refractivity contribution in [3.63, 3.8) is 0 Å². The molecule has 0 bridgehead atoms. The Kier molecular flexibility index (Phi) is 4.88. The Hall–Kier alpha value is -2.04. The predicted molar refractivity (Wildman–Crippen MR) is 105 cm³/mol. The van der Waals surface area contributed by atoms with Crippen molar-refractivity contribution in [1.29, 1.82) is 0 Å². The molecule has 1 amide bonds. The monoisotopic (exact) mass is 354 g/mol. The lowest BCUT2D eigenvalue weighted by atomic mass is 10.0. The minimum atomic E-state index is 0.262. The highest BCUT2D eigenvalue weighted by atomic mass is 16.1. The van der Waals surface area contributed by atoms with Gasteiger partial charge in [0.25, 0.3) is 0 Å². The molecule has 5 heteroatoms. The zero-order chi connectivity index (χ0) is 18.1. The fourth-order valence-corrected chi connectivity index (χ4v) is 4.49. The lowest BCUT2D eigenvalue weighted by molar-refractivity contribution is -0.125. The van der Waals surface area contributed by atoms with Crippen molar-refractivity contribution in [3.8, 4) is 0 Å². The van der Waals surface area contributed by atoms with Gasteiger partial charge in [-0.1, -0.05) is 25.0 Å². The molecule has 140 valence electrons. The summed E-state index contributed by atoms with van der Waals surface area (Å²) in [7, 11) is 0. The number of imidazole rings is 1. The van der Waals surface area contributed by atoms with Crippen molar-refractivity contribution in [3.05, 3.63) is 24.3 Å². The molecule has 1 N–H and O–H groups in total. The molecular formula is C21H30N4O. The second-order valence-electron chi connectivity index (χ2n) is 8.12. The highest BCUT2D eigenvalue weighted by molar-refractivity contribution is 5.80. The van der Waals surface area contributed by atoms with Gasteiger partial charge < -0.3 is 14.8 Å². The van der Waals surface area contributed by atoms with Crippen LogP contribution in [0.3, 0.4) is 0 Å². The summed E-state index contributed by atoms with van der Waals surface area (Å²) in [4.78, 5) is 19.7. The topological polar surface area (TPSA) is 50.2 Å². The molecule has 0 radical (unpaired) electrons. The number of para-hydroxylation sites is 2. The Bertz CT molecular complexity index is 767. The zero-order valence-electron chi connectivity index (χ0n) is 15.9. The van der Waals surface area contributed by atoms with Gasteiger partial charge in [0.05, 0.1) is 11.0 Å². The molecule has 26 heavy (non-hydrogen) atoms. The molecule has 2 aromatic rings. The Labute approximate surface area is 155 Å². The third kappa shape index (κ3) is 3.31. The summed E-state index contributed by atoms with van der Waals surface area (Å²) in [6, 6.07) is 9.06. The average Bonchev–Trinajstić information content (AvgIpc) is 3.30. The summed E-state index contributed by atoms with van der Waals surface area (Å²) < 4.78 is 2.34. The van der Waals surface area contributed by atoms with Gasteiger partial charge in [-0.05, 0) is 51.7 Å². The van der Waals surface area contributed by atoms with Crippen LogP contribution in [-0.2, 0) is 4.79 Å². The maximum atomic E-state index is 12.4. The van der Waals surface area contributed by atoms with Crippen LogP contribution in [0.15, 0.2) is 24.3 Å². The predicted octanol–water partition coefficient (Wildman–Crippen LogP) is 3.89. The first kappa shape index (κ1) is 17.4. The minimum absolute atomic E-state index is 0.262. The Morgan fingerprint density at radius 1 is 1.12 bits per heavy atom. The number of hydrogen-bond acceptors (Lipinski definition) is 3. The quantitative estimate of drug-likeness (QED) is 0.906. The number of nitrogens with one attached hydrogen (secondary N) is 1. The maximum Gasteiger partial charge on any atom is 0.223 e. The summed E-state index contributed by atoms with van der Waals surface area (Å²) in [5, 5.41) is 3.30. The van der Waals surface area contributed by atoms with Gasteiger partial charge in [-0.3, -0.25) is 4.79 Å². The van der Waals surface area contributed by atoms with Crippen LogP contribution in [0.4, 0.5) is 5.95 Å². The van der Waals surface area contributed by atoms with E-state index in [-0.39, 0.29) is 11.8 Å². The third-order valence-electron chi connectivity index (χ3n) is 5.94. The number of carbonyl (C=O) groups excluding carboxylic acids is 1. The van der Waals surface area contributed by atoms with Crippen LogP contribution in [-0.4, -0.2) is 34.6 Å².